The average Bonchev–Trinajstić information content (AvgIpc) is 2.51. The van der Waals surface area contributed by atoms with Gasteiger partial charge in [-0.3, -0.25) is 10.1 Å². The largest absolute Gasteiger partial charge is 0.416 e. The molecule has 0 bridgehead atoms. The highest BCUT2D eigenvalue weighted by Crippen LogP contribution is 2.35. The minimum Gasteiger partial charge on any atom is -0.375 e. The van der Waals surface area contributed by atoms with Crippen LogP contribution in [0.4, 0.5) is 24.5 Å². The van der Waals surface area contributed by atoms with Gasteiger partial charge in [-0.2, -0.15) is 13.2 Å². The zero-order valence-corrected chi connectivity index (χ0v) is 13.7. The van der Waals surface area contributed by atoms with Crippen molar-refractivity contribution in [1.82, 2.24) is 0 Å². The Bertz CT molecular complexity index is 894. The van der Waals surface area contributed by atoms with E-state index in [2.05, 4.69) is 5.32 Å². The summed E-state index contributed by atoms with van der Waals surface area (Å²) in [5.74, 6) is 0. The quantitative estimate of drug-likeness (QED) is 0.638. The molecule has 25 heavy (non-hydrogen) atoms. The van der Waals surface area contributed by atoms with E-state index < -0.39 is 32.2 Å². The van der Waals surface area contributed by atoms with Crippen LogP contribution in [-0.4, -0.2) is 19.6 Å². The van der Waals surface area contributed by atoms with E-state index in [9.17, 15) is 31.7 Å². The number of hydrogen-bond acceptors (Lipinski definition) is 5. The van der Waals surface area contributed by atoms with Crippen molar-refractivity contribution in [3.8, 4) is 0 Å². The predicted molar refractivity (Wildman–Crippen MR) is 85.0 cm³/mol. The molecule has 0 heterocycles. The molecule has 0 amide bonds. The second-order valence-electron chi connectivity index (χ2n) is 5.26. The first-order chi connectivity index (χ1) is 11.5. The van der Waals surface area contributed by atoms with Crippen molar-refractivity contribution in [2.75, 3.05) is 11.6 Å². The molecule has 0 aliphatic heterocycles. The molecular weight excluding hydrogens is 361 g/mol. The van der Waals surface area contributed by atoms with Gasteiger partial charge in [0.15, 0.2) is 9.84 Å². The van der Waals surface area contributed by atoms with Crippen molar-refractivity contribution >= 4 is 21.2 Å². The van der Waals surface area contributed by atoms with Crippen molar-refractivity contribution in [3.05, 3.63) is 63.7 Å². The van der Waals surface area contributed by atoms with E-state index >= 15 is 0 Å². The summed E-state index contributed by atoms with van der Waals surface area (Å²) in [6.45, 7) is 0.0796. The Balaban J connectivity index is 2.21. The van der Waals surface area contributed by atoms with Crippen molar-refractivity contribution in [3.63, 3.8) is 0 Å². The van der Waals surface area contributed by atoms with Crippen molar-refractivity contribution < 1.29 is 26.5 Å². The molecule has 0 unspecified atom stereocenters. The lowest BCUT2D eigenvalue weighted by Gasteiger charge is -2.11. The molecule has 0 aromatic heterocycles. The second kappa shape index (κ2) is 6.71. The summed E-state index contributed by atoms with van der Waals surface area (Å²) in [6.07, 6.45) is -3.61. The first-order valence-corrected chi connectivity index (χ1v) is 8.76. The Morgan fingerprint density at radius 2 is 1.72 bits per heavy atom. The number of halogens is 3. The number of hydrogen-bond donors (Lipinski definition) is 1. The summed E-state index contributed by atoms with van der Waals surface area (Å²) in [6, 6.07) is 8.00. The van der Waals surface area contributed by atoms with Crippen LogP contribution >= 0.6 is 0 Å². The van der Waals surface area contributed by atoms with Gasteiger partial charge in [0.25, 0.3) is 5.69 Å². The van der Waals surface area contributed by atoms with E-state index in [0.29, 0.717) is 11.6 Å². The monoisotopic (exact) mass is 374 g/mol. The number of alkyl halides is 3. The van der Waals surface area contributed by atoms with Gasteiger partial charge in [0.2, 0.25) is 0 Å². The number of sulfone groups is 1. The lowest BCUT2D eigenvalue weighted by atomic mass is 10.1. The summed E-state index contributed by atoms with van der Waals surface area (Å²) in [4.78, 5) is 10.2. The topological polar surface area (TPSA) is 89.3 Å². The summed E-state index contributed by atoms with van der Waals surface area (Å²) < 4.78 is 60.7. The van der Waals surface area contributed by atoms with Crippen LogP contribution < -0.4 is 5.32 Å². The minimum absolute atomic E-state index is 0.0646. The molecule has 0 aliphatic carbocycles. The lowest BCUT2D eigenvalue weighted by molar-refractivity contribution is -0.384. The Labute approximate surface area is 141 Å². The average molecular weight is 374 g/mol. The second-order valence-corrected chi connectivity index (χ2v) is 7.27. The fourth-order valence-corrected chi connectivity index (χ4v) is 2.69. The van der Waals surface area contributed by atoms with Gasteiger partial charge in [0, 0.05) is 18.9 Å². The van der Waals surface area contributed by atoms with Crippen LogP contribution in [0, 0.1) is 10.1 Å². The SMILES string of the molecule is CS(=O)(=O)c1ccc(CNc2ccc(C(F)(F)F)cc2[N+](=O)[O-])cc1. The highest BCUT2D eigenvalue weighted by atomic mass is 32.2. The molecule has 0 atom stereocenters. The normalized spacial score (nSPS) is 12.0. The summed E-state index contributed by atoms with van der Waals surface area (Å²) in [7, 11) is -3.34. The molecule has 0 spiro atoms. The highest BCUT2D eigenvalue weighted by Gasteiger charge is 2.33. The number of nitrogens with zero attached hydrogens (tertiary/aromatic N) is 1. The molecule has 0 radical (unpaired) electrons. The Hall–Kier alpha value is -2.62. The van der Waals surface area contributed by atoms with Gasteiger partial charge in [-0.1, -0.05) is 12.1 Å². The Kier molecular flexibility index (Phi) is 5.02. The molecule has 0 aliphatic rings. The molecule has 134 valence electrons. The number of benzene rings is 2. The molecule has 6 nitrogen and oxygen atoms in total. The van der Waals surface area contributed by atoms with E-state index in [-0.39, 0.29) is 17.1 Å². The Morgan fingerprint density at radius 3 is 2.20 bits per heavy atom. The van der Waals surface area contributed by atoms with Crippen LogP contribution in [0.25, 0.3) is 0 Å². The third-order valence-electron chi connectivity index (χ3n) is 3.36. The molecule has 0 saturated heterocycles. The molecule has 2 aromatic carbocycles. The van der Waals surface area contributed by atoms with E-state index in [0.717, 1.165) is 18.4 Å². The van der Waals surface area contributed by atoms with E-state index in [1.165, 1.54) is 24.3 Å². The number of anilines is 1. The van der Waals surface area contributed by atoms with Crippen molar-refractivity contribution in [1.29, 1.82) is 0 Å². The zero-order valence-electron chi connectivity index (χ0n) is 12.9. The molecule has 10 heteroatoms. The third-order valence-corrected chi connectivity index (χ3v) is 4.48. The Morgan fingerprint density at radius 1 is 1.12 bits per heavy atom. The molecule has 1 N–H and O–H groups in total. The maximum Gasteiger partial charge on any atom is 0.416 e. The van der Waals surface area contributed by atoms with E-state index in [4.69, 9.17) is 0 Å². The van der Waals surface area contributed by atoms with Crippen molar-refractivity contribution in [2.45, 2.75) is 17.6 Å². The number of rotatable bonds is 5. The highest BCUT2D eigenvalue weighted by molar-refractivity contribution is 7.90. The first kappa shape index (κ1) is 18.7. The maximum atomic E-state index is 12.7. The van der Waals surface area contributed by atoms with E-state index in [1.807, 2.05) is 0 Å². The van der Waals surface area contributed by atoms with Crippen molar-refractivity contribution in [2.24, 2.45) is 0 Å². The van der Waals surface area contributed by atoms with Crippen LogP contribution in [0.3, 0.4) is 0 Å². The number of nitro benzene ring substituents is 1. The fourth-order valence-electron chi connectivity index (χ4n) is 2.06. The number of nitrogens with one attached hydrogen (secondary N) is 1. The smallest absolute Gasteiger partial charge is 0.375 e. The minimum atomic E-state index is -4.68. The van der Waals surface area contributed by atoms with Crippen LogP contribution in [0.2, 0.25) is 0 Å². The van der Waals surface area contributed by atoms with Gasteiger partial charge >= 0.3 is 6.18 Å². The van der Waals surface area contributed by atoms with Crippen LogP contribution in [0.5, 0.6) is 0 Å². The van der Waals surface area contributed by atoms with Gasteiger partial charge in [-0.05, 0) is 29.8 Å². The predicted octanol–water partition coefficient (Wildman–Crippen LogP) is 3.63. The fraction of sp³-hybridized carbons (Fsp3) is 0.200. The summed E-state index contributed by atoms with van der Waals surface area (Å²) in [5, 5.41) is 13.7. The van der Waals surface area contributed by atoms with Gasteiger partial charge in [0.05, 0.1) is 15.4 Å². The van der Waals surface area contributed by atoms with Gasteiger partial charge < -0.3 is 5.32 Å². The van der Waals surface area contributed by atoms with E-state index in [1.54, 1.807) is 0 Å². The van der Waals surface area contributed by atoms with Crippen LogP contribution in [-0.2, 0) is 22.6 Å². The number of nitro groups is 1. The molecule has 2 aromatic rings. The first-order valence-electron chi connectivity index (χ1n) is 6.87. The van der Waals surface area contributed by atoms with Gasteiger partial charge in [0.1, 0.15) is 5.69 Å². The van der Waals surface area contributed by atoms with Crippen LogP contribution in [0.15, 0.2) is 47.4 Å². The molecular formula is C15H13F3N2O4S. The standard InChI is InChI=1S/C15H13F3N2O4S/c1-25(23,24)12-5-2-10(3-6-12)9-19-13-7-4-11(15(16,17)18)8-14(13)20(21)22/h2-8,19H,9H2,1H3. The lowest BCUT2D eigenvalue weighted by Crippen LogP contribution is -2.08. The third kappa shape index (κ3) is 4.69. The molecule has 0 fully saturated rings. The van der Waals surface area contributed by atoms with Gasteiger partial charge in [-0.15, -0.1) is 0 Å². The summed E-state index contributed by atoms with van der Waals surface area (Å²) >= 11 is 0. The zero-order chi connectivity index (χ0) is 18.8. The van der Waals surface area contributed by atoms with Crippen LogP contribution in [0.1, 0.15) is 11.1 Å². The van der Waals surface area contributed by atoms with Gasteiger partial charge in [-0.25, -0.2) is 8.42 Å². The maximum absolute atomic E-state index is 12.7. The molecule has 2 rings (SSSR count). The summed E-state index contributed by atoms with van der Waals surface area (Å²) in [5.41, 5.74) is -1.25. The molecule has 0 saturated carbocycles.